The van der Waals surface area contributed by atoms with Gasteiger partial charge in [0.2, 0.25) is 0 Å². The van der Waals surface area contributed by atoms with E-state index >= 15 is 0 Å². The highest BCUT2D eigenvalue weighted by atomic mass is 16.6. The van der Waals surface area contributed by atoms with Crippen LogP contribution in [0.3, 0.4) is 0 Å². The molecule has 1 aliphatic rings. The average Bonchev–Trinajstić information content (AvgIpc) is 2.48. The number of ether oxygens (including phenoxy) is 1. The molecule has 0 aliphatic carbocycles. The lowest BCUT2D eigenvalue weighted by Gasteiger charge is -2.33. The van der Waals surface area contributed by atoms with Crippen LogP contribution in [0.15, 0.2) is 24.3 Å². The Morgan fingerprint density at radius 2 is 2.15 bits per heavy atom. The van der Waals surface area contributed by atoms with Gasteiger partial charge in [-0.1, -0.05) is 0 Å². The number of carbonyl (C=O) groups excluding carboxylic acids is 1. The zero-order chi connectivity index (χ0) is 14.5. The van der Waals surface area contributed by atoms with Crippen LogP contribution in [0.1, 0.15) is 19.8 Å². The molecule has 0 amide bonds. The molecule has 1 atom stereocenters. The first kappa shape index (κ1) is 14.3. The minimum Gasteiger partial charge on any atom is -0.466 e. The fourth-order valence-corrected chi connectivity index (χ4v) is 2.45. The molecule has 1 saturated heterocycles. The first-order valence-electron chi connectivity index (χ1n) is 6.78. The molecule has 0 N–H and O–H groups in total. The first-order valence-corrected chi connectivity index (χ1v) is 6.78. The number of rotatable bonds is 4. The topological polar surface area (TPSA) is 72.7 Å². The normalized spacial score (nSPS) is 18.6. The third-order valence-electron chi connectivity index (χ3n) is 3.47. The number of hydrogen-bond donors (Lipinski definition) is 0. The summed E-state index contributed by atoms with van der Waals surface area (Å²) in [7, 11) is 0. The van der Waals surface area contributed by atoms with Crippen molar-refractivity contribution in [1.29, 1.82) is 0 Å². The molecule has 20 heavy (non-hydrogen) atoms. The van der Waals surface area contributed by atoms with Gasteiger partial charge in [-0.15, -0.1) is 0 Å². The van der Waals surface area contributed by atoms with Crippen LogP contribution in [0.2, 0.25) is 0 Å². The van der Waals surface area contributed by atoms with Gasteiger partial charge in [0.15, 0.2) is 0 Å². The lowest BCUT2D eigenvalue weighted by molar-refractivity contribution is -0.384. The monoisotopic (exact) mass is 278 g/mol. The molecule has 108 valence electrons. The predicted octanol–water partition coefficient (Wildman–Crippen LogP) is 2.37. The molecule has 1 aromatic carbocycles. The quantitative estimate of drug-likeness (QED) is 0.480. The molecule has 6 heteroatoms. The number of hydrogen-bond acceptors (Lipinski definition) is 5. The largest absolute Gasteiger partial charge is 0.466 e. The summed E-state index contributed by atoms with van der Waals surface area (Å²) in [6, 6.07) is 6.43. The zero-order valence-corrected chi connectivity index (χ0v) is 11.4. The second-order valence-corrected chi connectivity index (χ2v) is 4.81. The first-order chi connectivity index (χ1) is 9.61. The van der Waals surface area contributed by atoms with Gasteiger partial charge in [-0.25, -0.2) is 0 Å². The number of piperidine rings is 1. The predicted molar refractivity (Wildman–Crippen MR) is 74.7 cm³/mol. The van der Waals surface area contributed by atoms with Gasteiger partial charge < -0.3 is 9.64 Å². The van der Waals surface area contributed by atoms with Crippen molar-refractivity contribution >= 4 is 17.3 Å². The molecule has 6 nitrogen and oxygen atoms in total. The lowest BCUT2D eigenvalue weighted by Crippen LogP contribution is -2.39. The van der Waals surface area contributed by atoms with Gasteiger partial charge in [0.25, 0.3) is 5.69 Å². The molecule has 0 radical (unpaired) electrons. The summed E-state index contributed by atoms with van der Waals surface area (Å²) in [5, 5.41) is 10.6. The van der Waals surface area contributed by atoms with Gasteiger partial charge in [-0.2, -0.15) is 0 Å². The Morgan fingerprint density at radius 3 is 2.75 bits per heavy atom. The molecular weight excluding hydrogens is 260 g/mol. The van der Waals surface area contributed by atoms with E-state index in [1.165, 1.54) is 12.1 Å². The van der Waals surface area contributed by atoms with Crippen LogP contribution in [0, 0.1) is 16.0 Å². The molecule has 0 spiro atoms. The van der Waals surface area contributed by atoms with Crippen molar-refractivity contribution in [2.45, 2.75) is 19.8 Å². The van der Waals surface area contributed by atoms with Crippen LogP contribution in [0.5, 0.6) is 0 Å². The maximum atomic E-state index is 11.8. The van der Waals surface area contributed by atoms with Gasteiger partial charge in [0, 0.05) is 30.9 Å². The molecule has 1 heterocycles. The molecule has 0 bridgehead atoms. The summed E-state index contributed by atoms with van der Waals surface area (Å²) < 4.78 is 5.06. The highest BCUT2D eigenvalue weighted by molar-refractivity contribution is 5.73. The van der Waals surface area contributed by atoms with Gasteiger partial charge >= 0.3 is 5.97 Å². The minimum absolute atomic E-state index is 0.0766. The molecule has 1 aliphatic heterocycles. The summed E-state index contributed by atoms with van der Waals surface area (Å²) in [5.74, 6) is -0.266. The van der Waals surface area contributed by atoms with E-state index in [2.05, 4.69) is 4.90 Å². The Kier molecular flexibility index (Phi) is 4.55. The van der Waals surface area contributed by atoms with Crippen molar-refractivity contribution in [2.75, 3.05) is 24.6 Å². The zero-order valence-electron chi connectivity index (χ0n) is 11.4. The third kappa shape index (κ3) is 3.26. The number of carbonyl (C=O) groups is 1. The van der Waals surface area contributed by atoms with Gasteiger partial charge in [-0.3, -0.25) is 14.9 Å². The van der Waals surface area contributed by atoms with Crippen molar-refractivity contribution in [3.05, 3.63) is 34.4 Å². The summed E-state index contributed by atoms with van der Waals surface area (Å²) in [4.78, 5) is 24.1. The van der Waals surface area contributed by atoms with Crippen LogP contribution in [0.4, 0.5) is 11.4 Å². The molecule has 0 aromatic heterocycles. The van der Waals surface area contributed by atoms with E-state index in [4.69, 9.17) is 4.74 Å². The molecule has 1 fully saturated rings. The summed E-state index contributed by atoms with van der Waals surface area (Å²) in [6.07, 6.45) is 1.75. The van der Waals surface area contributed by atoms with E-state index in [1.807, 2.05) is 0 Å². The van der Waals surface area contributed by atoms with E-state index in [1.54, 1.807) is 19.1 Å². The second kappa shape index (κ2) is 6.36. The lowest BCUT2D eigenvalue weighted by atomic mass is 9.97. The number of esters is 1. The van der Waals surface area contributed by atoms with E-state index in [9.17, 15) is 14.9 Å². The molecule has 1 aromatic rings. The molecule has 0 saturated carbocycles. The van der Waals surface area contributed by atoms with E-state index in [0.29, 0.717) is 13.2 Å². The molecule has 2 rings (SSSR count). The van der Waals surface area contributed by atoms with Gasteiger partial charge in [0.05, 0.1) is 17.4 Å². The smallest absolute Gasteiger partial charge is 0.310 e. The number of benzene rings is 1. The fourth-order valence-electron chi connectivity index (χ4n) is 2.45. The number of nitro benzene ring substituents is 1. The Hall–Kier alpha value is -2.11. The maximum absolute atomic E-state index is 11.8. The van der Waals surface area contributed by atoms with Gasteiger partial charge in [-0.05, 0) is 31.9 Å². The van der Waals surface area contributed by atoms with Crippen LogP contribution >= 0.6 is 0 Å². The Labute approximate surface area is 117 Å². The number of nitrogens with zero attached hydrogens (tertiary/aromatic N) is 2. The molecular formula is C14H18N2O4. The SMILES string of the molecule is CCOC(=O)C1CCCN(c2ccc([N+](=O)[O-])cc2)C1. The van der Waals surface area contributed by atoms with Crippen LogP contribution in [0.25, 0.3) is 0 Å². The van der Waals surface area contributed by atoms with Gasteiger partial charge in [0.1, 0.15) is 0 Å². The average molecular weight is 278 g/mol. The van der Waals surface area contributed by atoms with Crippen molar-refractivity contribution < 1.29 is 14.5 Å². The minimum atomic E-state index is -0.415. The third-order valence-corrected chi connectivity index (χ3v) is 3.47. The number of non-ortho nitro benzene ring substituents is 1. The van der Waals surface area contributed by atoms with E-state index in [0.717, 1.165) is 25.1 Å². The summed E-state index contributed by atoms with van der Waals surface area (Å²) >= 11 is 0. The Morgan fingerprint density at radius 1 is 1.45 bits per heavy atom. The van der Waals surface area contributed by atoms with Crippen molar-refractivity contribution in [1.82, 2.24) is 0 Å². The fraction of sp³-hybridized carbons (Fsp3) is 0.500. The highest BCUT2D eigenvalue weighted by Crippen LogP contribution is 2.25. The van der Waals surface area contributed by atoms with Crippen LogP contribution < -0.4 is 4.90 Å². The van der Waals surface area contributed by atoms with Crippen molar-refractivity contribution in [2.24, 2.45) is 5.92 Å². The van der Waals surface area contributed by atoms with E-state index < -0.39 is 4.92 Å². The van der Waals surface area contributed by atoms with Crippen molar-refractivity contribution in [3.63, 3.8) is 0 Å². The Balaban J connectivity index is 2.04. The molecule has 1 unspecified atom stereocenters. The second-order valence-electron chi connectivity index (χ2n) is 4.81. The van der Waals surface area contributed by atoms with Crippen LogP contribution in [-0.4, -0.2) is 30.6 Å². The Bertz CT molecular complexity index is 486. The summed E-state index contributed by atoms with van der Waals surface area (Å²) in [6.45, 7) is 3.66. The van der Waals surface area contributed by atoms with E-state index in [-0.39, 0.29) is 17.6 Å². The number of nitro groups is 1. The summed E-state index contributed by atoms with van der Waals surface area (Å²) in [5.41, 5.74) is 0.984. The van der Waals surface area contributed by atoms with Crippen LogP contribution in [-0.2, 0) is 9.53 Å². The highest BCUT2D eigenvalue weighted by Gasteiger charge is 2.27. The maximum Gasteiger partial charge on any atom is 0.310 e. The number of anilines is 1. The standard InChI is InChI=1S/C14H18N2O4/c1-2-20-14(17)11-4-3-9-15(10-11)12-5-7-13(8-6-12)16(18)19/h5-8,11H,2-4,9-10H2,1H3. The van der Waals surface area contributed by atoms with Crippen molar-refractivity contribution in [3.8, 4) is 0 Å².